The van der Waals surface area contributed by atoms with Crippen molar-refractivity contribution >= 4 is 101 Å². The van der Waals surface area contributed by atoms with E-state index in [1.54, 1.807) is 0 Å². The number of phenols is 1. The Morgan fingerprint density at radius 1 is 0.821 bits per heavy atom. The number of hydrogen-bond acceptors (Lipinski definition) is 9. The van der Waals surface area contributed by atoms with E-state index >= 15 is 0 Å². The molecule has 0 aliphatic heterocycles. The molecule has 3 rings (SSSR count). The van der Waals surface area contributed by atoms with Crippen molar-refractivity contribution in [3.8, 4) is 5.75 Å². The Balaban J connectivity index is 0.00000481. The van der Waals surface area contributed by atoms with Gasteiger partial charge in [-0.25, -0.2) is 21.6 Å². The van der Waals surface area contributed by atoms with Gasteiger partial charge >= 0.3 is 65.1 Å². The zero-order chi connectivity index (χ0) is 27.3. The number of benzene rings is 2. The molecule has 2 aromatic carbocycles. The number of allylic oxidation sites excluding steroid dienone is 5. The summed E-state index contributed by atoms with van der Waals surface area (Å²) in [4.78, 5) is 22.2. The van der Waals surface area contributed by atoms with E-state index < -0.39 is 53.1 Å². The van der Waals surface area contributed by atoms with Crippen LogP contribution >= 0.6 is 63.7 Å². The molecule has 2 aromatic rings. The predicted octanol–water partition coefficient (Wildman–Crippen LogP) is -2.40. The maximum Gasteiger partial charge on any atom is 1.00 e. The van der Waals surface area contributed by atoms with Crippen LogP contribution in [0.4, 0.5) is 0 Å². The quantitative estimate of drug-likeness (QED) is 0.141. The molecule has 39 heavy (non-hydrogen) atoms. The number of carbonyl (C=O) groups excluding carboxylic acids is 1. The van der Waals surface area contributed by atoms with E-state index in [0.29, 0.717) is 6.08 Å². The summed E-state index contributed by atoms with van der Waals surface area (Å²) in [5.41, 5.74) is -1.10. The van der Waals surface area contributed by atoms with Crippen LogP contribution in [0.25, 0.3) is 5.57 Å². The number of aromatic carboxylic acids is 1. The molecule has 0 fully saturated rings. The van der Waals surface area contributed by atoms with Crippen molar-refractivity contribution in [2.75, 3.05) is 0 Å². The molecule has 19 heteroatoms. The Bertz CT molecular complexity index is 1680. The number of phenolic OH excluding ortho intramolecular Hbond substituents is 1. The maximum absolute atomic E-state index is 12.3. The van der Waals surface area contributed by atoms with Crippen LogP contribution in [0.15, 0.2) is 69.7 Å². The molecular weight excluding hydrogens is 846 g/mol. The van der Waals surface area contributed by atoms with E-state index in [1.165, 1.54) is 0 Å². The van der Waals surface area contributed by atoms with Gasteiger partial charge in [-0.1, -0.05) is 12.1 Å². The molecule has 0 atom stereocenters. The number of rotatable bonds is 5. The molecule has 0 aromatic heterocycles. The van der Waals surface area contributed by atoms with Crippen LogP contribution in [-0.4, -0.2) is 53.4 Å². The molecule has 0 amide bonds. The number of aromatic hydroxyl groups is 1. The minimum absolute atomic E-state index is 0. The van der Waals surface area contributed by atoms with Crippen LogP contribution in [0, 0.1) is 0 Å². The van der Waals surface area contributed by atoms with Crippen LogP contribution in [0.3, 0.4) is 0 Å². The van der Waals surface area contributed by atoms with Crippen LogP contribution in [-0.2, 0) is 25.0 Å². The maximum atomic E-state index is 12.3. The second-order valence-corrected chi connectivity index (χ2v) is 12.8. The minimum atomic E-state index is -5.27. The molecule has 0 heterocycles. The summed E-state index contributed by atoms with van der Waals surface area (Å²) < 4.78 is 70.8. The fourth-order valence-corrected chi connectivity index (χ4v) is 6.92. The summed E-state index contributed by atoms with van der Waals surface area (Å²) in [5.74, 6) is -3.49. The van der Waals surface area contributed by atoms with Gasteiger partial charge in [-0.05, 0) is 105 Å². The van der Waals surface area contributed by atoms with Crippen LogP contribution < -0.4 is 59.1 Å². The van der Waals surface area contributed by atoms with Gasteiger partial charge in [0.25, 0.3) is 0 Å². The number of carboxylic acid groups (broad SMARTS) is 1. The van der Waals surface area contributed by atoms with Gasteiger partial charge < -0.3 is 24.8 Å². The standard InChI is InChI=1S/C20H10Br4O10S2.2Na.H2O/c21-16-14(15(20(27)28)17(22)19(24)18(16)23)13(7-1-3-9(25)11(5-7)35(29,30)31)8-2-4-10(26)12(6-8)36(32,33)34;;;/h1-6,25H,(H,27,28)(H,29,30,31)(H,32,33,34);;;1H2/q;2*+1;/p-2. The summed E-state index contributed by atoms with van der Waals surface area (Å²) >= 11 is 13.0. The molecule has 1 aliphatic carbocycles. The molecular formula is C20H10Br4Na2O11S2. The third-order valence-corrected chi connectivity index (χ3v) is 11.2. The smallest absolute Gasteiger partial charge is 0.744 e. The Hall–Kier alpha value is 0.300. The van der Waals surface area contributed by atoms with Crippen molar-refractivity contribution in [2.24, 2.45) is 0 Å². The van der Waals surface area contributed by atoms with Gasteiger partial charge in [-0.2, -0.15) is 0 Å². The van der Waals surface area contributed by atoms with E-state index in [2.05, 4.69) is 63.7 Å². The normalized spacial score (nSPS) is 14.4. The summed E-state index contributed by atoms with van der Waals surface area (Å²) in [7, 11) is -10.5. The number of carbonyl (C=O) groups is 2. The van der Waals surface area contributed by atoms with E-state index in [1.807, 2.05) is 0 Å². The van der Waals surface area contributed by atoms with E-state index in [4.69, 9.17) is 0 Å². The molecule has 0 saturated carbocycles. The van der Waals surface area contributed by atoms with Gasteiger partial charge in [-0.3, -0.25) is 4.79 Å². The fraction of sp³-hybridized carbons (Fsp3) is 0. The van der Waals surface area contributed by atoms with Crippen molar-refractivity contribution in [2.45, 2.75) is 4.90 Å². The fourth-order valence-electron chi connectivity index (χ4n) is 3.25. The van der Waals surface area contributed by atoms with E-state index in [0.717, 1.165) is 30.4 Å². The Labute approximate surface area is 299 Å². The first kappa shape index (κ1) is 39.3. The Morgan fingerprint density at radius 3 is 1.79 bits per heavy atom. The first-order chi connectivity index (χ1) is 16.5. The predicted molar refractivity (Wildman–Crippen MR) is 142 cm³/mol. The van der Waals surface area contributed by atoms with Crippen LogP contribution in [0.2, 0.25) is 0 Å². The largest absolute Gasteiger partial charge is 1.00 e. The monoisotopic (exact) mass is 852 g/mol. The first-order valence-electron chi connectivity index (χ1n) is 9.00. The molecule has 0 saturated heterocycles. The zero-order valence-electron chi connectivity index (χ0n) is 19.5. The van der Waals surface area contributed by atoms with Crippen molar-refractivity contribution in [3.63, 3.8) is 0 Å². The summed E-state index contributed by atoms with van der Waals surface area (Å²) in [6, 6.07) is 2.76. The average Bonchev–Trinajstić information content (AvgIpc) is 2.76. The second kappa shape index (κ2) is 14.7. The van der Waals surface area contributed by atoms with E-state index in [9.17, 15) is 45.7 Å². The molecule has 0 unspecified atom stereocenters. The SMILES string of the molecule is O.O=C1C=CC(=C(c2ccc(O)c(S(=O)(=O)[O-])c2)c2c(Br)c(Br)c(Br)c(Br)c2C(=O)O)C=C1S(=O)(=O)[O-].[Na+].[Na+]. The number of ketones is 1. The molecule has 0 bridgehead atoms. The van der Waals surface area contributed by atoms with Gasteiger partial charge in [0, 0.05) is 23.5 Å². The summed E-state index contributed by atoms with van der Waals surface area (Å²) in [6.45, 7) is 0. The van der Waals surface area contributed by atoms with Crippen LogP contribution in [0.1, 0.15) is 21.5 Å². The average molecular weight is 856 g/mol. The number of halogens is 4. The minimum Gasteiger partial charge on any atom is -0.744 e. The third-order valence-electron chi connectivity index (χ3n) is 4.75. The third kappa shape index (κ3) is 8.23. The first-order valence-corrected chi connectivity index (χ1v) is 15.0. The van der Waals surface area contributed by atoms with Crippen molar-refractivity contribution in [1.82, 2.24) is 0 Å². The molecule has 1 aliphatic rings. The van der Waals surface area contributed by atoms with Gasteiger partial charge in [-0.15, -0.1) is 0 Å². The molecule has 4 N–H and O–H groups in total. The number of carboxylic acids is 1. The molecule has 198 valence electrons. The van der Waals surface area contributed by atoms with E-state index in [-0.39, 0.29) is 105 Å². The second-order valence-electron chi connectivity index (χ2n) is 6.94. The Morgan fingerprint density at radius 2 is 1.33 bits per heavy atom. The molecule has 0 spiro atoms. The van der Waals surface area contributed by atoms with Gasteiger partial charge in [0.1, 0.15) is 30.9 Å². The van der Waals surface area contributed by atoms with Crippen LogP contribution in [0.5, 0.6) is 5.75 Å². The van der Waals surface area contributed by atoms with Gasteiger partial charge in [0.2, 0.25) is 0 Å². The summed E-state index contributed by atoms with van der Waals surface area (Å²) in [5, 5.41) is 19.9. The Kier molecular flexibility index (Phi) is 14.8. The topological polar surface area (TPSA) is 220 Å². The summed E-state index contributed by atoms with van der Waals surface area (Å²) in [6.07, 6.45) is 2.57. The van der Waals surface area contributed by atoms with Crippen molar-refractivity contribution in [3.05, 3.63) is 81.5 Å². The molecule has 0 radical (unpaired) electrons. The number of hydrogen-bond donors (Lipinski definition) is 2. The van der Waals surface area contributed by atoms with Gasteiger partial charge in [0.05, 0.1) is 10.5 Å². The zero-order valence-corrected chi connectivity index (χ0v) is 31.4. The van der Waals surface area contributed by atoms with Gasteiger partial charge in [0.15, 0.2) is 5.78 Å². The van der Waals surface area contributed by atoms with Crippen molar-refractivity contribution in [1.29, 1.82) is 0 Å². The van der Waals surface area contributed by atoms with Crippen molar-refractivity contribution < 1.29 is 110 Å². The molecule has 11 nitrogen and oxygen atoms in total.